The zero-order valence-electron chi connectivity index (χ0n) is 21.4. The molecule has 0 saturated heterocycles. The number of nitrogens with zero attached hydrogens (tertiary/aromatic N) is 1. The largest absolute Gasteiger partial charge is 0.393 e. The zero-order valence-corrected chi connectivity index (χ0v) is 21.4. The van der Waals surface area contributed by atoms with E-state index in [9.17, 15) is 15.0 Å². The van der Waals surface area contributed by atoms with Gasteiger partial charge in [-0.3, -0.25) is 4.79 Å². The minimum absolute atomic E-state index is 0.165. The Hall–Kier alpha value is -0.610. The van der Waals surface area contributed by atoms with Crippen molar-refractivity contribution in [3.8, 4) is 0 Å². The van der Waals surface area contributed by atoms with Gasteiger partial charge in [-0.1, -0.05) is 20.8 Å². The Kier molecular flexibility index (Phi) is 7.05. The maximum absolute atomic E-state index is 12.6. The summed E-state index contributed by atoms with van der Waals surface area (Å²) in [6, 6.07) is 0. The van der Waals surface area contributed by atoms with E-state index in [1.807, 2.05) is 4.90 Å². The van der Waals surface area contributed by atoms with E-state index in [0.29, 0.717) is 58.7 Å². The fourth-order valence-electron chi connectivity index (χ4n) is 9.46. The van der Waals surface area contributed by atoms with Crippen molar-refractivity contribution >= 4 is 5.91 Å². The summed E-state index contributed by atoms with van der Waals surface area (Å²) in [4.78, 5) is 14.6. The molecule has 4 heteroatoms. The fourth-order valence-corrected chi connectivity index (χ4v) is 9.46. The van der Waals surface area contributed by atoms with Crippen LogP contribution in [-0.2, 0) is 4.79 Å². The summed E-state index contributed by atoms with van der Waals surface area (Å²) in [6.07, 6.45) is 10.2. The molecule has 4 fully saturated rings. The highest BCUT2D eigenvalue weighted by Gasteiger charge is 2.62. The minimum atomic E-state index is -0.202. The molecule has 10 atom stereocenters. The van der Waals surface area contributed by atoms with Gasteiger partial charge in [-0.25, -0.2) is 0 Å². The van der Waals surface area contributed by atoms with Crippen LogP contribution in [0, 0.1) is 46.3 Å². The Balaban J connectivity index is 1.47. The van der Waals surface area contributed by atoms with Crippen molar-refractivity contribution in [3.63, 3.8) is 0 Å². The summed E-state index contributed by atoms with van der Waals surface area (Å²) in [5, 5.41) is 21.7. The van der Waals surface area contributed by atoms with Crippen molar-refractivity contribution in [2.24, 2.45) is 46.3 Å². The number of rotatable bonds is 6. The van der Waals surface area contributed by atoms with Crippen molar-refractivity contribution < 1.29 is 15.0 Å². The van der Waals surface area contributed by atoms with Crippen molar-refractivity contribution in [3.05, 3.63) is 0 Å². The molecular formula is C28H49NO3. The van der Waals surface area contributed by atoms with E-state index in [2.05, 4.69) is 34.6 Å². The number of aliphatic hydroxyl groups excluding tert-OH is 2. The highest BCUT2D eigenvalue weighted by Crippen LogP contribution is 2.68. The second-order valence-corrected chi connectivity index (χ2v) is 12.5. The molecule has 0 bridgehead atoms. The molecular weight excluding hydrogens is 398 g/mol. The smallest absolute Gasteiger partial charge is 0.222 e. The van der Waals surface area contributed by atoms with Crippen molar-refractivity contribution in [1.29, 1.82) is 0 Å². The molecule has 32 heavy (non-hydrogen) atoms. The quantitative estimate of drug-likeness (QED) is 0.584. The van der Waals surface area contributed by atoms with E-state index < -0.39 is 0 Å². The third kappa shape index (κ3) is 3.96. The van der Waals surface area contributed by atoms with Crippen molar-refractivity contribution in [2.75, 3.05) is 13.1 Å². The van der Waals surface area contributed by atoms with Gasteiger partial charge in [0.1, 0.15) is 0 Å². The Labute approximate surface area is 196 Å². The van der Waals surface area contributed by atoms with E-state index >= 15 is 0 Å². The third-order valence-electron chi connectivity index (χ3n) is 11.3. The average molecular weight is 448 g/mol. The predicted octanol–water partition coefficient (Wildman–Crippen LogP) is 5.26. The van der Waals surface area contributed by atoms with Gasteiger partial charge in [0.2, 0.25) is 5.91 Å². The first kappa shape index (κ1) is 24.5. The van der Waals surface area contributed by atoms with Crippen LogP contribution in [0.1, 0.15) is 98.8 Å². The molecule has 0 aliphatic heterocycles. The van der Waals surface area contributed by atoms with Gasteiger partial charge in [-0.2, -0.15) is 0 Å². The maximum atomic E-state index is 12.6. The van der Waals surface area contributed by atoms with Crippen LogP contribution in [0.3, 0.4) is 0 Å². The van der Waals surface area contributed by atoms with Crippen LogP contribution < -0.4 is 0 Å². The number of fused-ring (bicyclic) bond motifs is 5. The lowest BCUT2D eigenvalue weighted by Gasteiger charge is -2.62. The molecule has 184 valence electrons. The molecule has 1 amide bonds. The van der Waals surface area contributed by atoms with E-state index in [0.717, 1.165) is 45.2 Å². The van der Waals surface area contributed by atoms with Crippen LogP contribution >= 0.6 is 0 Å². The number of hydrogen-bond donors (Lipinski definition) is 2. The topological polar surface area (TPSA) is 60.8 Å². The maximum Gasteiger partial charge on any atom is 0.222 e. The van der Waals surface area contributed by atoms with Gasteiger partial charge in [0.05, 0.1) is 12.2 Å². The van der Waals surface area contributed by atoms with Gasteiger partial charge in [0.25, 0.3) is 0 Å². The summed E-state index contributed by atoms with van der Waals surface area (Å²) in [7, 11) is 0. The molecule has 4 aliphatic rings. The van der Waals surface area contributed by atoms with Crippen LogP contribution in [-0.4, -0.2) is 46.3 Å². The molecule has 0 spiro atoms. The van der Waals surface area contributed by atoms with Gasteiger partial charge < -0.3 is 15.1 Å². The summed E-state index contributed by atoms with van der Waals surface area (Å²) >= 11 is 0. The summed E-state index contributed by atoms with van der Waals surface area (Å²) in [5.41, 5.74) is 0.599. The second-order valence-electron chi connectivity index (χ2n) is 12.5. The van der Waals surface area contributed by atoms with E-state index in [4.69, 9.17) is 0 Å². The molecule has 0 heterocycles. The SMILES string of the molecule is CCN(CC)C(=O)CC[C@@H](C)[C@H]1CCC2C3C(CC[C@@]21C)[C@@]1(C)CC[C@@H](O)CC1C[C@H]3O. The number of amides is 1. The van der Waals surface area contributed by atoms with Crippen LogP contribution in [0.15, 0.2) is 0 Å². The van der Waals surface area contributed by atoms with Crippen molar-refractivity contribution in [1.82, 2.24) is 4.90 Å². The second kappa shape index (κ2) is 9.21. The summed E-state index contributed by atoms with van der Waals surface area (Å²) < 4.78 is 0. The van der Waals surface area contributed by atoms with Crippen LogP contribution in [0.25, 0.3) is 0 Å². The van der Waals surface area contributed by atoms with Gasteiger partial charge in [-0.05, 0) is 118 Å². The molecule has 0 aromatic carbocycles. The molecule has 4 nitrogen and oxygen atoms in total. The molecule has 4 rings (SSSR count). The molecule has 4 aliphatic carbocycles. The minimum Gasteiger partial charge on any atom is -0.393 e. The number of carbonyl (C=O) groups excluding carboxylic acids is 1. The monoisotopic (exact) mass is 447 g/mol. The van der Waals surface area contributed by atoms with Gasteiger partial charge >= 0.3 is 0 Å². The summed E-state index contributed by atoms with van der Waals surface area (Å²) in [5.74, 6) is 3.69. The standard InChI is InChI=1S/C28H49NO3/c1-6-29(7-2)25(32)11-8-18(3)21-9-10-22-26-23(13-15-28(21,22)5)27(4)14-12-20(30)16-19(27)17-24(26)31/h18-24,26,30-31H,6-17H2,1-5H3/t18-,19?,20-,21-,22?,23?,24-,26?,27+,28-/m1/s1. The highest BCUT2D eigenvalue weighted by molar-refractivity contribution is 5.76. The molecule has 0 aromatic heterocycles. The molecule has 2 N–H and O–H groups in total. The highest BCUT2D eigenvalue weighted by atomic mass is 16.3. The van der Waals surface area contributed by atoms with Gasteiger partial charge in [0.15, 0.2) is 0 Å². The first-order valence-electron chi connectivity index (χ1n) is 13.8. The number of hydrogen-bond acceptors (Lipinski definition) is 3. The fraction of sp³-hybridized carbons (Fsp3) is 0.964. The molecule has 4 saturated carbocycles. The molecule has 4 unspecified atom stereocenters. The first-order chi connectivity index (χ1) is 15.2. The number of aliphatic hydroxyl groups is 2. The average Bonchev–Trinajstić information content (AvgIpc) is 3.11. The lowest BCUT2D eigenvalue weighted by molar-refractivity contribution is -0.174. The first-order valence-corrected chi connectivity index (χ1v) is 13.8. The van der Waals surface area contributed by atoms with Crippen LogP contribution in [0.5, 0.6) is 0 Å². The zero-order chi connectivity index (χ0) is 23.3. The van der Waals surface area contributed by atoms with Crippen molar-refractivity contribution in [2.45, 2.75) is 111 Å². The van der Waals surface area contributed by atoms with E-state index in [-0.39, 0.29) is 12.2 Å². The lowest BCUT2D eigenvalue weighted by atomic mass is 9.43. The Bertz CT molecular complexity index is 678. The van der Waals surface area contributed by atoms with E-state index in [1.54, 1.807) is 0 Å². The lowest BCUT2D eigenvalue weighted by Crippen LogP contribution is -2.58. The Morgan fingerprint density at radius 3 is 2.31 bits per heavy atom. The predicted molar refractivity (Wildman–Crippen MR) is 129 cm³/mol. The van der Waals surface area contributed by atoms with Gasteiger partial charge in [0, 0.05) is 19.5 Å². The normalized spacial score (nSPS) is 46.7. The molecule has 0 radical (unpaired) electrons. The summed E-state index contributed by atoms with van der Waals surface area (Å²) in [6.45, 7) is 13.2. The van der Waals surface area contributed by atoms with Gasteiger partial charge in [-0.15, -0.1) is 0 Å². The third-order valence-corrected chi connectivity index (χ3v) is 11.3. The Morgan fingerprint density at radius 2 is 1.62 bits per heavy atom. The Morgan fingerprint density at radius 1 is 0.969 bits per heavy atom. The number of carbonyl (C=O) groups is 1. The molecule has 0 aromatic rings. The van der Waals surface area contributed by atoms with Crippen LogP contribution in [0.4, 0.5) is 0 Å². The van der Waals surface area contributed by atoms with E-state index in [1.165, 1.54) is 25.7 Å². The van der Waals surface area contributed by atoms with Crippen LogP contribution in [0.2, 0.25) is 0 Å².